The summed E-state index contributed by atoms with van der Waals surface area (Å²) in [5.74, 6) is 0. The highest BCUT2D eigenvalue weighted by Crippen LogP contribution is 2.23. The zero-order valence-electron chi connectivity index (χ0n) is 11.9. The summed E-state index contributed by atoms with van der Waals surface area (Å²) in [6.07, 6.45) is 6.70. The van der Waals surface area contributed by atoms with Gasteiger partial charge >= 0.3 is 0 Å². The van der Waals surface area contributed by atoms with Gasteiger partial charge in [0.1, 0.15) is 0 Å². The van der Waals surface area contributed by atoms with E-state index >= 15 is 0 Å². The first-order chi connectivity index (χ1) is 9.34. The van der Waals surface area contributed by atoms with Crippen LogP contribution < -0.4 is 0 Å². The van der Waals surface area contributed by atoms with Crippen LogP contribution in [0.5, 0.6) is 0 Å². The molecule has 1 aliphatic rings. The molecule has 0 amide bonds. The zero-order chi connectivity index (χ0) is 13.1. The molecule has 19 heavy (non-hydrogen) atoms. The fraction of sp³-hybridized carbons (Fsp3) is 0.529. The molecular weight excluding hydrogens is 232 g/mol. The van der Waals surface area contributed by atoms with E-state index in [0.717, 1.165) is 0 Å². The van der Waals surface area contributed by atoms with Crippen molar-refractivity contribution in [2.45, 2.75) is 39.0 Å². The van der Waals surface area contributed by atoms with Gasteiger partial charge in [-0.25, -0.2) is 0 Å². The number of para-hydroxylation sites is 1. The Labute approximate surface area is 115 Å². The van der Waals surface area contributed by atoms with Gasteiger partial charge in [0.25, 0.3) is 0 Å². The Hall–Kier alpha value is -1.28. The number of rotatable bonds is 4. The van der Waals surface area contributed by atoms with Gasteiger partial charge in [-0.1, -0.05) is 24.6 Å². The van der Waals surface area contributed by atoms with Gasteiger partial charge < -0.3 is 9.88 Å². The number of H-pyrrole nitrogens is 1. The average molecular weight is 256 g/mol. The first kappa shape index (κ1) is 12.7. The van der Waals surface area contributed by atoms with Crippen molar-refractivity contribution in [3.05, 3.63) is 35.5 Å². The number of aromatic nitrogens is 1. The van der Waals surface area contributed by atoms with E-state index in [1.54, 1.807) is 0 Å². The molecule has 1 aromatic heterocycles. The molecule has 0 spiro atoms. The van der Waals surface area contributed by atoms with Crippen LogP contribution in [0.2, 0.25) is 0 Å². The molecule has 1 N–H and O–H groups in total. The number of nitrogens with one attached hydrogen (secondary N) is 1. The minimum atomic E-state index is 1.20. The summed E-state index contributed by atoms with van der Waals surface area (Å²) in [6.45, 7) is 6.09. The lowest BCUT2D eigenvalue weighted by Gasteiger charge is -2.26. The van der Waals surface area contributed by atoms with Gasteiger partial charge in [0, 0.05) is 16.6 Å². The molecule has 0 atom stereocenters. The van der Waals surface area contributed by atoms with Gasteiger partial charge in [-0.05, 0) is 63.9 Å². The molecule has 3 rings (SSSR count). The number of aromatic amines is 1. The maximum Gasteiger partial charge on any atom is 0.0458 e. The van der Waals surface area contributed by atoms with Gasteiger partial charge in [-0.2, -0.15) is 0 Å². The number of likely N-dealkylation sites (tertiary alicyclic amines) is 1. The predicted molar refractivity (Wildman–Crippen MR) is 81.6 cm³/mol. The zero-order valence-corrected chi connectivity index (χ0v) is 11.9. The summed E-state index contributed by atoms with van der Waals surface area (Å²) < 4.78 is 0. The van der Waals surface area contributed by atoms with E-state index in [9.17, 15) is 0 Å². The first-order valence-corrected chi connectivity index (χ1v) is 7.63. The second-order valence-electron chi connectivity index (χ2n) is 5.78. The molecule has 0 saturated carbocycles. The number of piperidine rings is 1. The molecule has 1 aliphatic heterocycles. The van der Waals surface area contributed by atoms with Crippen molar-refractivity contribution < 1.29 is 0 Å². The fourth-order valence-corrected chi connectivity index (χ4v) is 3.32. The van der Waals surface area contributed by atoms with E-state index in [-0.39, 0.29) is 0 Å². The van der Waals surface area contributed by atoms with E-state index in [1.165, 1.54) is 73.9 Å². The Morgan fingerprint density at radius 2 is 1.89 bits per heavy atom. The quantitative estimate of drug-likeness (QED) is 0.879. The predicted octanol–water partition coefficient (Wildman–Crippen LogP) is 3.89. The molecule has 1 fully saturated rings. The molecule has 1 saturated heterocycles. The summed E-state index contributed by atoms with van der Waals surface area (Å²) in [4.78, 5) is 6.13. The Balaban J connectivity index is 1.63. The molecule has 2 aromatic rings. The van der Waals surface area contributed by atoms with Gasteiger partial charge in [-0.3, -0.25) is 0 Å². The van der Waals surface area contributed by atoms with Crippen LogP contribution in [-0.4, -0.2) is 29.5 Å². The molecular formula is C17H24N2. The lowest BCUT2D eigenvalue weighted by atomic mass is 10.0. The summed E-state index contributed by atoms with van der Waals surface area (Å²) in [5, 5.41) is 1.42. The number of benzene rings is 1. The monoisotopic (exact) mass is 256 g/mol. The summed E-state index contributed by atoms with van der Waals surface area (Å²) >= 11 is 0. The van der Waals surface area contributed by atoms with Crippen LogP contribution in [0.3, 0.4) is 0 Å². The normalized spacial score (nSPS) is 17.1. The molecule has 0 bridgehead atoms. The second kappa shape index (κ2) is 5.79. The lowest BCUT2D eigenvalue weighted by Crippen LogP contribution is -2.30. The number of nitrogens with zero attached hydrogens (tertiary/aromatic N) is 1. The molecule has 0 aliphatic carbocycles. The minimum absolute atomic E-state index is 1.20. The molecule has 2 heteroatoms. The van der Waals surface area contributed by atoms with E-state index in [4.69, 9.17) is 0 Å². The Morgan fingerprint density at radius 3 is 2.74 bits per heavy atom. The van der Waals surface area contributed by atoms with Crippen LogP contribution in [0.15, 0.2) is 24.3 Å². The van der Waals surface area contributed by atoms with E-state index in [2.05, 4.69) is 41.1 Å². The van der Waals surface area contributed by atoms with Crippen molar-refractivity contribution in [2.75, 3.05) is 19.6 Å². The Bertz CT molecular complexity index is 535. The number of aryl methyl sites for hydroxylation is 2. The van der Waals surface area contributed by atoms with Crippen LogP contribution in [0, 0.1) is 6.92 Å². The number of hydrogen-bond acceptors (Lipinski definition) is 1. The van der Waals surface area contributed by atoms with E-state index in [1.807, 2.05) is 0 Å². The lowest BCUT2D eigenvalue weighted by molar-refractivity contribution is 0.226. The average Bonchev–Trinajstić information content (AvgIpc) is 2.76. The molecule has 1 aromatic carbocycles. The summed E-state index contributed by atoms with van der Waals surface area (Å²) in [6, 6.07) is 8.67. The van der Waals surface area contributed by atoms with Crippen molar-refractivity contribution in [3.8, 4) is 0 Å². The van der Waals surface area contributed by atoms with Gasteiger partial charge in [0.05, 0.1) is 0 Å². The molecule has 102 valence electrons. The number of fused-ring (bicyclic) bond motifs is 1. The summed E-state index contributed by atoms with van der Waals surface area (Å²) in [5.41, 5.74) is 4.15. The van der Waals surface area contributed by atoms with Crippen LogP contribution in [-0.2, 0) is 6.42 Å². The smallest absolute Gasteiger partial charge is 0.0458 e. The van der Waals surface area contributed by atoms with Crippen LogP contribution in [0.1, 0.15) is 36.9 Å². The SMILES string of the molecule is Cc1[nH]c2ccccc2c1CCCN1CCCCC1. The highest BCUT2D eigenvalue weighted by Gasteiger charge is 2.11. The second-order valence-corrected chi connectivity index (χ2v) is 5.78. The molecule has 2 nitrogen and oxygen atoms in total. The maximum absolute atomic E-state index is 3.50. The largest absolute Gasteiger partial charge is 0.358 e. The third kappa shape index (κ3) is 2.84. The highest BCUT2D eigenvalue weighted by molar-refractivity contribution is 5.84. The van der Waals surface area contributed by atoms with E-state index in [0.29, 0.717) is 0 Å². The van der Waals surface area contributed by atoms with Crippen molar-refractivity contribution in [1.82, 2.24) is 9.88 Å². The third-order valence-corrected chi connectivity index (χ3v) is 4.38. The van der Waals surface area contributed by atoms with Crippen LogP contribution in [0.25, 0.3) is 10.9 Å². The Morgan fingerprint density at radius 1 is 1.11 bits per heavy atom. The van der Waals surface area contributed by atoms with Crippen LogP contribution >= 0.6 is 0 Å². The van der Waals surface area contributed by atoms with Crippen molar-refractivity contribution in [2.24, 2.45) is 0 Å². The van der Waals surface area contributed by atoms with Gasteiger partial charge in [0.15, 0.2) is 0 Å². The maximum atomic E-state index is 3.50. The topological polar surface area (TPSA) is 19.0 Å². The van der Waals surface area contributed by atoms with Crippen LogP contribution in [0.4, 0.5) is 0 Å². The van der Waals surface area contributed by atoms with Crippen molar-refractivity contribution >= 4 is 10.9 Å². The third-order valence-electron chi connectivity index (χ3n) is 4.38. The fourth-order valence-electron chi connectivity index (χ4n) is 3.32. The highest BCUT2D eigenvalue weighted by atomic mass is 15.1. The van der Waals surface area contributed by atoms with Crippen molar-refractivity contribution in [1.29, 1.82) is 0 Å². The standard InChI is InChI=1S/C17H24N2/c1-14-15(16-8-3-4-10-17(16)18-14)9-7-13-19-11-5-2-6-12-19/h3-4,8,10,18H,2,5-7,9,11-13H2,1H3. The Kier molecular flexibility index (Phi) is 3.88. The summed E-state index contributed by atoms with van der Waals surface area (Å²) in [7, 11) is 0. The van der Waals surface area contributed by atoms with Gasteiger partial charge in [0.2, 0.25) is 0 Å². The molecule has 2 heterocycles. The van der Waals surface area contributed by atoms with Crippen molar-refractivity contribution in [3.63, 3.8) is 0 Å². The molecule has 0 unspecified atom stereocenters. The number of hydrogen-bond donors (Lipinski definition) is 1. The minimum Gasteiger partial charge on any atom is -0.358 e. The first-order valence-electron chi connectivity index (χ1n) is 7.63. The van der Waals surface area contributed by atoms with Gasteiger partial charge in [-0.15, -0.1) is 0 Å². The molecule has 0 radical (unpaired) electrons. The van der Waals surface area contributed by atoms with E-state index < -0.39 is 0 Å².